The predicted octanol–water partition coefficient (Wildman–Crippen LogP) is 2.56. The lowest BCUT2D eigenvalue weighted by Crippen LogP contribution is -2.25. The molecule has 1 rings (SSSR count). The van der Waals surface area contributed by atoms with Gasteiger partial charge in [-0.15, -0.1) is 11.8 Å². The zero-order chi connectivity index (χ0) is 10.2. The van der Waals surface area contributed by atoms with Crippen LogP contribution in [0.3, 0.4) is 0 Å². The van der Waals surface area contributed by atoms with E-state index >= 15 is 0 Å². The van der Waals surface area contributed by atoms with E-state index in [0.29, 0.717) is 6.04 Å². The Morgan fingerprint density at radius 3 is 2.79 bits per heavy atom. The highest BCUT2D eigenvalue weighted by Crippen LogP contribution is 2.17. The van der Waals surface area contributed by atoms with Gasteiger partial charge in [0.25, 0.3) is 0 Å². The van der Waals surface area contributed by atoms with Crippen molar-refractivity contribution in [3.63, 3.8) is 0 Å². The van der Waals surface area contributed by atoms with E-state index in [0.717, 1.165) is 12.3 Å². The van der Waals surface area contributed by atoms with Gasteiger partial charge in [-0.2, -0.15) is 0 Å². The van der Waals surface area contributed by atoms with E-state index in [9.17, 15) is 0 Å². The number of hydrogen-bond donors (Lipinski definition) is 1. The highest BCUT2D eigenvalue weighted by molar-refractivity contribution is 7.99. The Labute approximate surface area is 90.5 Å². The second-order valence-electron chi connectivity index (χ2n) is 3.28. The minimum absolute atomic E-state index is 0.620. The molecule has 0 radical (unpaired) electrons. The van der Waals surface area contributed by atoms with Crippen molar-refractivity contribution in [1.82, 2.24) is 10.3 Å². The van der Waals surface area contributed by atoms with E-state index in [1.54, 1.807) is 0 Å². The summed E-state index contributed by atoms with van der Waals surface area (Å²) in [5.74, 6) is 1.16. The maximum absolute atomic E-state index is 3.99. The Morgan fingerprint density at radius 1 is 1.43 bits per heavy atom. The molecule has 0 aromatic carbocycles. The van der Waals surface area contributed by atoms with Crippen molar-refractivity contribution in [3.8, 4) is 0 Å². The molecule has 0 saturated heterocycles. The minimum Gasteiger partial charge on any atom is -0.315 e. The van der Waals surface area contributed by atoms with Crippen LogP contribution < -0.4 is 5.32 Å². The van der Waals surface area contributed by atoms with Gasteiger partial charge in [-0.05, 0) is 37.8 Å². The smallest absolute Gasteiger partial charge is 0.0278 e. The fourth-order valence-electron chi connectivity index (χ4n) is 1.24. The van der Waals surface area contributed by atoms with Crippen LogP contribution >= 0.6 is 11.8 Å². The number of hydrogen-bond acceptors (Lipinski definition) is 3. The van der Waals surface area contributed by atoms with Gasteiger partial charge >= 0.3 is 0 Å². The van der Waals surface area contributed by atoms with Crippen LogP contribution in [0.2, 0.25) is 0 Å². The van der Waals surface area contributed by atoms with Gasteiger partial charge in [0.1, 0.15) is 0 Å². The second-order valence-corrected chi connectivity index (χ2v) is 4.45. The van der Waals surface area contributed by atoms with Crippen molar-refractivity contribution in [2.75, 3.05) is 12.3 Å². The molecule has 1 heterocycles. The van der Waals surface area contributed by atoms with Gasteiger partial charge in [0.05, 0.1) is 0 Å². The van der Waals surface area contributed by atoms with Crippen LogP contribution in [0.5, 0.6) is 0 Å². The molecule has 14 heavy (non-hydrogen) atoms. The number of thioether (sulfide) groups is 1. The second kappa shape index (κ2) is 6.85. The van der Waals surface area contributed by atoms with E-state index in [2.05, 4.69) is 36.3 Å². The van der Waals surface area contributed by atoms with Crippen molar-refractivity contribution in [3.05, 3.63) is 24.5 Å². The van der Waals surface area contributed by atoms with Crippen LogP contribution in [0.15, 0.2) is 29.4 Å². The lowest BCUT2D eigenvalue weighted by Gasteiger charge is -2.11. The predicted molar refractivity (Wildman–Crippen MR) is 62.7 cm³/mol. The summed E-state index contributed by atoms with van der Waals surface area (Å²) in [6.45, 7) is 5.43. The zero-order valence-corrected chi connectivity index (χ0v) is 9.68. The van der Waals surface area contributed by atoms with Crippen molar-refractivity contribution in [2.45, 2.75) is 31.2 Å². The van der Waals surface area contributed by atoms with Gasteiger partial charge in [-0.3, -0.25) is 4.98 Å². The third-order valence-electron chi connectivity index (χ3n) is 2.02. The minimum atomic E-state index is 0.620. The molecule has 0 bridgehead atoms. The van der Waals surface area contributed by atoms with Gasteiger partial charge < -0.3 is 5.32 Å². The van der Waals surface area contributed by atoms with Gasteiger partial charge in [-0.25, -0.2) is 0 Å². The van der Waals surface area contributed by atoms with Crippen LogP contribution in [0.25, 0.3) is 0 Å². The molecule has 0 saturated carbocycles. The molecule has 1 aromatic heterocycles. The third-order valence-corrected chi connectivity index (χ3v) is 3.07. The van der Waals surface area contributed by atoms with E-state index in [4.69, 9.17) is 0 Å². The fourth-order valence-corrected chi connectivity index (χ4v) is 2.26. The molecule has 0 aliphatic rings. The maximum atomic E-state index is 3.99. The molecule has 0 spiro atoms. The van der Waals surface area contributed by atoms with Gasteiger partial charge in [-0.1, -0.05) is 6.92 Å². The topological polar surface area (TPSA) is 24.9 Å². The molecule has 2 nitrogen and oxygen atoms in total. The highest BCUT2D eigenvalue weighted by Gasteiger charge is 1.99. The fraction of sp³-hybridized carbons (Fsp3) is 0.545. The van der Waals surface area contributed by atoms with E-state index in [-0.39, 0.29) is 0 Å². The largest absolute Gasteiger partial charge is 0.315 e. The number of nitrogens with zero attached hydrogens (tertiary/aromatic N) is 1. The summed E-state index contributed by atoms with van der Waals surface area (Å²) in [7, 11) is 0. The summed E-state index contributed by atoms with van der Waals surface area (Å²) < 4.78 is 0. The molecule has 78 valence electrons. The first kappa shape index (κ1) is 11.5. The standard InChI is InChI=1S/C11H18N2S/c1-3-13-10(2)6-9-14-11-4-7-12-8-5-11/h4-5,7-8,10,13H,3,6,9H2,1-2H3. The first-order chi connectivity index (χ1) is 6.83. The SMILES string of the molecule is CCNC(C)CCSc1ccncc1. The van der Waals surface area contributed by atoms with Crippen molar-refractivity contribution in [1.29, 1.82) is 0 Å². The summed E-state index contributed by atoms with van der Waals surface area (Å²) in [5, 5.41) is 3.41. The normalized spacial score (nSPS) is 12.7. The molecule has 1 aromatic rings. The Kier molecular flexibility index (Phi) is 5.64. The van der Waals surface area contributed by atoms with E-state index < -0.39 is 0 Å². The Hall–Kier alpha value is -0.540. The molecular weight excluding hydrogens is 192 g/mol. The van der Waals surface area contributed by atoms with Gasteiger partial charge in [0.2, 0.25) is 0 Å². The molecule has 0 aliphatic heterocycles. The summed E-state index contributed by atoms with van der Waals surface area (Å²) in [6.07, 6.45) is 4.90. The van der Waals surface area contributed by atoms with Crippen LogP contribution in [-0.4, -0.2) is 23.3 Å². The Balaban J connectivity index is 2.16. The van der Waals surface area contributed by atoms with Crippen molar-refractivity contribution < 1.29 is 0 Å². The zero-order valence-electron chi connectivity index (χ0n) is 8.86. The Bertz CT molecular complexity index is 238. The van der Waals surface area contributed by atoms with Gasteiger partial charge in [0.15, 0.2) is 0 Å². The molecule has 1 N–H and O–H groups in total. The van der Waals surface area contributed by atoms with Gasteiger partial charge in [0, 0.05) is 23.3 Å². The first-order valence-electron chi connectivity index (χ1n) is 5.09. The van der Waals surface area contributed by atoms with Crippen molar-refractivity contribution in [2.24, 2.45) is 0 Å². The van der Waals surface area contributed by atoms with E-state index in [1.165, 1.54) is 11.3 Å². The van der Waals surface area contributed by atoms with Crippen molar-refractivity contribution >= 4 is 11.8 Å². The number of rotatable bonds is 6. The molecule has 0 fully saturated rings. The first-order valence-corrected chi connectivity index (χ1v) is 6.07. The molecule has 1 atom stereocenters. The molecule has 0 amide bonds. The van der Waals surface area contributed by atoms with Crippen LogP contribution in [0.1, 0.15) is 20.3 Å². The molecule has 0 aliphatic carbocycles. The third kappa shape index (κ3) is 4.63. The summed E-state index contributed by atoms with van der Waals surface area (Å²) in [5.41, 5.74) is 0. The average molecular weight is 210 g/mol. The maximum Gasteiger partial charge on any atom is 0.0278 e. The lowest BCUT2D eigenvalue weighted by molar-refractivity contribution is 0.556. The molecule has 1 unspecified atom stereocenters. The monoisotopic (exact) mass is 210 g/mol. The number of nitrogens with one attached hydrogen (secondary N) is 1. The highest BCUT2D eigenvalue weighted by atomic mass is 32.2. The van der Waals surface area contributed by atoms with E-state index in [1.807, 2.05) is 24.2 Å². The summed E-state index contributed by atoms with van der Waals surface area (Å²) >= 11 is 1.89. The quantitative estimate of drug-likeness (QED) is 0.730. The number of pyridine rings is 1. The molecule has 3 heteroatoms. The molecular formula is C11H18N2S. The van der Waals surface area contributed by atoms with Crippen LogP contribution in [0, 0.1) is 0 Å². The lowest BCUT2D eigenvalue weighted by atomic mass is 10.3. The van der Waals surface area contributed by atoms with Crippen LogP contribution in [-0.2, 0) is 0 Å². The Morgan fingerprint density at radius 2 is 2.14 bits per heavy atom. The average Bonchev–Trinajstić information content (AvgIpc) is 2.20. The number of aromatic nitrogens is 1. The summed E-state index contributed by atoms with van der Waals surface area (Å²) in [6, 6.07) is 4.74. The summed E-state index contributed by atoms with van der Waals surface area (Å²) in [4.78, 5) is 5.30. The van der Waals surface area contributed by atoms with Crippen LogP contribution in [0.4, 0.5) is 0 Å².